The third-order valence-corrected chi connectivity index (χ3v) is 10.4. The van der Waals surface area contributed by atoms with Crippen LogP contribution in [-0.4, -0.2) is 45.0 Å². The van der Waals surface area contributed by atoms with E-state index in [1.807, 2.05) is 13.0 Å². The summed E-state index contributed by atoms with van der Waals surface area (Å²) in [5.41, 5.74) is 0.832. The number of nitrogens with one attached hydrogen (secondary N) is 2. The van der Waals surface area contributed by atoms with E-state index in [-0.39, 0.29) is 41.6 Å². The fourth-order valence-electron chi connectivity index (χ4n) is 7.13. The Morgan fingerprint density at radius 2 is 1.97 bits per heavy atom. The number of hydrogen-bond acceptors (Lipinski definition) is 7. The fraction of sp³-hybridized carbons (Fsp3) is 0.643. The van der Waals surface area contributed by atoms with Crippen molar-refractivity contribution in [3.8, 4) is 5.75 Å². The Labute approximate surface area is 217 Å². The maximum atomic E-state index is 13.4. The summed E-state index contributed by atoms with van der Waals surface area (Å²) < 4.78 is 0. The SMILES string of the molecule is CC1(CO)C(O)CCC2(C)C(CC(=O)NC3CCCCC3)c3nc(Nc4cccc(O)c4)sc3CC12. The predicted molar refractivity (Wildman–Crippen MR) is 142 cm³/mol. The number of carbonyl (C=O) groups is 1. The Kier molecular flexibility index (Phi) is 7.05. The van der Waals surface area contributed by atoms with E-state index in [0.717, 1.165) is 47.1 Å². The van der Waals surface area contributed by atoms with Crippen LogP contribution in [-0.2, 0) is 11.2 Å². The van der Waals surface area contributed by atoms with Gasteiger partial charge in [0.05, 0.1) is 18.4 Å². The van der Waals surface area contributed by atoms with Gasteiger partial charge in [-0.05, 0) is 55.6 Å². The van der Waals surface area contributed by atoms with E-state index in [4.69, 9.17) is 4.98 Å². The molecule has 5 rings (SSSR count). The van der Waals surface area contributed by atoms with Crippen molar-refractivity contribution in [3.63, 3.8) is 0 Å². The van der Waals surface area contributed by atoms with Gasteiger partial charge in [0, 0.05) is 40.4 Å². The van der Waals surface area contributed by atoms with Gasteiger partial charge in [-0.3, -0.25) is 4.79 Å². The summed E-state index contributed by atoms with van der Waals surface area (Å²) >= 11 is 1.57. The van der Waals surface area contributed by atoms with Gasteiger partial charge in [-0.15, -0.1) is 11.3 Å². The van der Waals surface area contributed by atoms with Gasteiger partial charge in [0.15, 0.2) is 5.13 Å². The van der Waals surface area contributed by atoms with E-state index in [1.165, 1.54) is 19.3 Å². The van der Waals surface area contributed by atoms with Crippen LogP contribution in [0, 0.1) is 16.7 Å². The second kappa shape index (κ2) is 9.95. The van der Waals surface area contributed by atoms with E-state index in [2.05, 4.69) is 17.6 Å². The molecule has 0 spiro atoms. The molecular formula is C28H39N3O4S. The highest BCUT2D eigenvalue weighted by molar-refractivity contribution is 7.15. The fourth-order valence-corrected chi connectivity index (χ4v) is 8.21. The van der Waals surface area contributed by atoms with E-state index < -0.39 is 11.5 Å². The lowest BCUT2D eigenvalue weighted by atomic mass is 9.47. The van der Waals surface area contributed by atoms with Crippen molar-refractivity contribution in [1.82, 2.24) is 10.3 Å². The highest BCUT2D eigenvalue weighted by Gasteiger charge is 2.59. The summed E-state index contributed by atoms with van der Waals surface area (Å²) in [4.78, 5) is 19.5. The minimum Gasteiger partial charge on any atom is -0.508 e. The van der Waals surface area contributed by atoms with Crippen LogP contribution in [0.3, 0.4) is 0 Å². The molecule has 2 saturated carbocycles. The molecule has 8 heteroatoms. The molecule has 3 aliphatic carbocycles. The van der Waals surface area contributed by atoms with E-state index in [9.17, 15) is 20.1 Å². The summed E-state index contributed by atoms with van der Waals surface area (Å²) in [6.07, 6.45) is 7.59. The molecule has 36 heavy (non-hydrogen) atoms. The highest BCUT2D eigenvalue weighted by atomic mass is 32.1. The second-order valence-corrected chi connectivity index (χ2v) is 12.7. The van der Waals surface area contributed by atoms with Crippen LogP contribution in [0.15, 0.2) is 24.3 Å². The first-order valence-electron chi connectivity index (χ1n) is 13.4. The van der Waals surface area contributed by atoms with Gasteiger partial charge >= 0.3 is 0 Å². The van der Waals surface area contributed by atoms with Crippen molar-refractivity contribution in [2.24, 2.45) is 16.7 Å². The normalized spacial score (nSPS) is 32.4. The largest absolute Gasteiger partial charge is 0.508 e. The zero-order valence-corrected chi connectivity index (χ0v) is 22.1. The number of phenolic OH excluding ortho intramolecular Hbond substituents is 1. The Morgan fingerprint density at radius 1 is 1.19 bits per heavy atom. The molecule has 0 saturated heterocycles. The van der Waals surface area contributed by atoms with Crippen LogP contribution in [0.4, 0.5) is 10.8 Å². The van der Waals surface area contributed by atoms with Crippen molar-refractivity contribution in [1.29, 1.82) is 0 Å². The molecule has 2 fully saturated rings. The Hall–Kier alpha value is -2.16. The number of carbonyl (C=O) groups excluding carboxylic acids is 1. The van der Waals surface area contributed by atoms with Crippen LogP contribution >= 0.6 is 11.3 Å². The number of phenols is 1. The minimum atomic E-state index is -0.633. The summed E-state index contributed by atoms with van der Waals surface area (Å²) in [7, 11) is 0. The van der Waals surface area contributed by atoms with Gasteiger partial charge in [0.25, 0.3) is 0 Å². The van der Waals surface area contributed by atoms with E-state index in [0.29, 0.717) is 12.8 Å². The number of thiazole rings is 1. The number of fused-ring (bicyclic) bond motifs is 2. The lowest BCUT2D eigenvalue weighted by Crippen LogP contribution is -2.57. The smallest absolute Gasteiger partial charge is 0.220 e. The zero-order chi connectivity index (χ0) is 25.5. The van der Waals surface area contributed by atoms with Gasteiger partial charge in [0.1, 0.15) is 5.75 Å². The summed E-state index contributed by atoms with van der Waals surface area (Å²) in [6.45, 7) is 4.15. The van der Waals surface area contributed by atoms with E-state index >= 15 is 0 Å². The number of nitrogens with zero attached hydrogens (tertiary/aromatic N) is 1. The molecule has 196 valence electrons. The number of amides is 1. The maximum absolute atomic E-state index is 13.4. The number of rotatable bonds is 6. The van der Waals surface area contributed by atoms with Crippen LogP contribution in [0.5, 0.6) is 5.75 Å². The molecular weight excluding hydrogens is 474 g/mol. The topological polar surface area (TPSA) is 115 Å². The predicted octanol–water partition coefficient (Wildman–Crippen LogP) is 4.85. The lowest BCUT2D eigenvalue weighted by molar-refractivity contribution is -0.144. The zero-order valence-electron chi connectivity index (χ0n) is 21.3. The summed E-state index contributed by atoms with van der Waals surface area (Å²) in [5, 5.41) is 38.6. The Bertz CT molecular complexity index is 1100. The number of aromatic nitrogens is 1. The van der Waals surface area contributed by atoms with Gasteiger partial charge in [-0.25, -0.2) is 4.98 Å². The molecule has 5 atom stereocenters. The lowest BCUT2D eigenvalue weighted by Gasteiger charge is -2.58. The standard InChI is InChI=1S/C28H39N3O4S/c1-27-12-11-23(34)28(2,16-32)22(27)15-21-25(20(27)14-24(35)29-17-7-4-3-5-8-17)31-26(36-21)30-18-9-6-10-19(33)13-18/h6,9-10,13,17,20,22-23,32-34H,3-5,7-8,11-12,14-16H2,1-2H3,(H,29,35)(H,30,31). The minimum absolute atomic E-state index is 0.0350. The highest BCUT2D eigenvalue weighted by Crippen LogP contribution is 2.62. The number of aliphatic hydroxyl groups is 2. The van der Waals surface area contributed by atoms with Crippen molar-refractivity contribution in [2.45, 2.75) is 89.7 Å². The molecule has 5 unspecified atom stereocenters. The molecule has 0 radical (unpaired) electrons. The van der Waals surface area contributed by atoms with Crippen molar-refractivity contribution < 1.29 is 20.1 Å². The van der Waals surface area contributed by atoms with Gasteiger partial charge in [-0.1, -0.05) is 39.2 Å². The number of hydrogen-bond donors (Lipinski definition) is 5. The maximum Gasteiger partial charge on any atom is 0.220 e. The number of aliphatic hydroxyl groups excluding tert-OH is 2. The molecule has 1 amide bonds. The number of anilines is 2. The molecule has 1 heterocycles. The molecule has 3 aliphatic rings. The average Bonchev–Trinajstić information content (AvgIpc) is 3.25. The van der Waals surface area contributed by atoms with Crippen molar-refractivity contribution in [3.05, 3.63) is 34.8 Å². The molecule has 5 N–H and O–H groups in total. The molecule has 1 aromatic heterocycles. The molecule has 0 bridgehead atoms. The third-order valence-electron chi connectivity index (χ3n) is 9.35. The first kappa shape index (κ1) is 25.5. The number of benzene rings is 1. The monoisotopic (exact) mass is 513 g/mol. The summed E-state index contributed by atoms with van der Waals surface area (Å²) in [6, 6.07) is 7.22. The van der Waals surface area contributed by atoms with Crippen molar-refractivity contribution >= 4 is 28.1 Å². The third kappa shape index (κ3) is 4.63. The van der Waals surface area contributed by atoms with Gasteiger partial charge < -0.3 is 26.0 Å². The van der Waals surface area contributed by atoms with Crippen LogP contribution in [0.25, 0.3) is 0 Å². The molecule has 7 nitrogen and oxygen atoms in total. The first-order valence-corrected chi connectivity index (χ1v) is 14.2. The average molecular weight is 514 g/mol. The van der Waals surface area contributed by atoms with Gasteiger partial charge in [-0.2, -0.15) is 0 Å². The van der Waals surface area contributed by atoms with Crippen LogP contribution in [0.2, 0.25) is 0 Å². The molecule has 2 aromatic rings. The number of aromatic hydroxyl groups is 1. The Morgan fingerprint density at radius 3 is 2.69 bits per heavy atom. The van der Waals surface area contributed by atoms with Crippen LogP contribution in [0.1, 0.15) is 81.7 Å². The first-order chi connectivity index (χ1) is 17.2. The molecule has 0 aliphatic heterocycles. The van der Waals surface area contributed by atoms with E-state index in [1.54, 1.807) is 29.5 Å². The van der Waals surface area contributed by atoms with Crippen LogP contribution < -0.4 is 10.6 Å². The Balaban J connectivity index is 1.48. The summed E-state index contributed by atoms with van der Waals surface area (Å²) in [5.74, 6) is 0.203. The van der Waals surface area contributed by atoms with Crippen molar-refractivity contribution in [2.75, 3.05) is 11.9 Å². The quantitative estimate of drug-likeness (QED) is 0.377. The molecule has 1 aromatic carbocycles. The second-order valence-electron chi connectivity index (χ2n) is 11.6. The van der Waals surface area contributed by atoms with Gasteiger partial charge in [0.2, 0.25) is 5.91 Å².